The van der Waals surface area contributed by atoms with Gasteiger partial charge in [0.15, 0.2) is 0 Å². The fourth-order valence-corrected chi connectivity index (χ4v) is 12.1. The van der Waals surface area contributed by atoms with E-state index in [4.69, 9.17) is 0 Å². The molecule has 4 aromatic rings. The van der Waals surface area contributed by atoms with E-state index in [0.717, 1.165) is 12.6 Å². The standard InChI is InChI=1S/C30H31P2/c1-5-25-19-21-27(22-20-25)32(26-15-8-7-9-16-26)31(6-2)29-18-12-14-24(4)30(29)28-17-11-10-13-23(28)3/h7-16,18-22H,5-6H2,1-4H3/t31?,32-/m0/s1. The van der Waals surface area contributed by atoms with Crippen molar-refractivity contribution in [3.63, 3.8) is 0 Å². The Morgan fingerprint density at radius 2 is 1.38 bits per heavy atom. The van der Waals surface area contributed by atoms with Crippen LogP contribution in [0.4, 0.5) is 0 Å². The van der Waals surface area contributed by atoms with Gasteiger partial charge in [0, 0.05) is 0 Å². The Bertz CT molecular complexity index is 1160. The molecule has 0 nitrogen and oxygen atoms in total. The van der Waals surface area contributed by atoms with Crippen LogP contribution in [0.2, 0.25) is 0 Å². The third-order valence-electron chi connectivity index (χ3n) is 5.97. The molecule has 0 bridgehead atoms. The van der Waals surface area contributed by atoms with Crippen molar-refractivity contribution in [1.82, 2.24) is 0 Å². The SMILES string of the molecule is CCc1ccc([P@](c2ccccc2)P(CC)c2cccc(C)c2-c2[c]cccc2C)cc1. The molecule has 2 atom stereocenters. The van der Waals surface area contributed by atoms with E-state index in [-0.39, 0.29) is 0 Å². The summed E-state index contributed by atoms with van der Waals surface area (Å²) < 4.78 is 0. The average molecular weight is 454 g/mol. The van der Waals surface area contributed by atoms with Gasteiger partial charge in [0.2, 0.25) is 0 Å². The highest BCUT2D eigenvalue weighted by Gasteiger charge is 2.27. The molecule has 0 spiro atoms. The molecule has 2 heteroatoms. The predicted molar refractivity (Wildman–Crippen MR) is 146 cm³/mol. The molecule has 0 aliphatic carbocycles. The van der Waals surface area contributed by atoms with E-state index in [9.17, 15) is 0 Å². The van der Waals surface area contributed by atoms with E-state index in [0.29, 0.717) is 0 Å². The van der Waals surface area contributed by atoms with Crippen LogP contribution in [0.25, 0.3) is 11.1 Å². The van der Waals surface area contributed by atoms with Crippen molar-refractivity contribution in [2.75, 3.05) is 6.16 Å². The van der Waals surface area contributed by atoms with Gasteiger partial charge in [-0.3, -0.25) is 0 Å². The fourth-order valence-electron chi connectivity index (χ4n) is 4.27. The Morgan fingerprint density at radius 3 is 2.03 bits per heavy atom. The van der Waals surface area contributed by atoms with Crippen LogP contribution in [-0.4, -0.2) is 6.16 Å². The zero-order valence-corrected chi connectivity index (χ0v) is 21.3. The first-order chi connectivity index (χ1) is 15.6. The minimum atomic E-state index is -0.486. The molecule has 0 fully saturated rings. The number of benzene rings is 4. The van der Waals surface area contributed by atoms with Crippen LogP contribution in [0.1, 0.15) is 30.5 Å². The third kappa shape index (κ3) is 4.73. The van der Waals surface area contributed by atoms with Gasteiger partial charge in [-0.1, -0.05) is 105 Å². The molecule has 32 heavy (non-hydrogen) atoms. The lowest BCUT2D eigenvalue weighted by atomic mass is 9.97. The summed E-state index contributed by atoms with van der Waals surface area (Å²) in [5.74, 6) is 0. The maximum Gasteiger partial charge on any atom is -0.00650 e. The highest BCUT2D eigenvalue weighted by molar-refractivity contribution is 8.38. The van der Waals surface area contributed by atoms with Gasteiger partial charge >= 0.3 is 0 Å². The first kappa shape index (κ1) is 22.9. The van der Waals surface area contributed by atoms with Crippen molar-refractivity contribution < 1.29 is 0 Å². The van der Waals surface area contributed by atoms with Gasteiger partial charge in [0.05, 0.1) is 0 Å². The zero-order chi connectivity index (χ0) is 22.5. The maximum absolute atomic E-state index is 3.56. The van der Waals surface area contributed by atoms with Gasteiger partial charge in [0.1, 0.15) is 0 Å². The molecule has 0 amide bonds. The minimum absolute atomic E-state index is 0.412. The molecule has 0 N–H and O–H groups in total. The van der Waals surface area contributed by atoms with Crippen LogP contribution in [-0.2, 0) is 6.42 Å². The fraction of sp³-hybridized carbons (Fsp3) is 0.200. The van der Waals surface area contributed by atoms with Gasteiger partial charge in [-0.15, -0.1) is 0 Å². The Kier molecular flexibility index (Phi) is 7.57. The molecule has 1 unspecified atom stereocenters. The molecule has 0 aliphatic rings. The van der Waals surface area contributed by atoms with E-state index in [1.54, 1.807) is 0 Å². The maximum atomic E-state index is 3.56. The van der Waals surface area contributed by atoms with Gasteiger partial charge in [-0.05, 0) is 91.4 Å². The number of rotatable bonds is 7. The van der Waals surface area contributed by atoms with Crippen molar-refractivity contribution >= 4 is 31.1 Å². The molecule has 4 aromatic carbocycles. The van der Waals surface area contributed by atoms with Gasteiger partial charge in [0.25, 0.3) is 0 Å². The van der Waals surface area contributed by atoms with Crippen molar-refractivity contribution in [3.05, 3.63) is 114 Å². The second-order valence-corrected chi connectivity index (χ2v) is 14.3. The van der Waals surface area contributed by atoms with Crippen molar-refractivity contribution in [2.24, 2.45) is 0 Å². The molecule has 0 aromatic heterocycles. The molecule has 1 radical (unpaired) electrons. The first-order valence-electron chi connectivity index (χ1n) is 11.4. The zero-order valence-electron chi connectivity index (χ0n) is 19.5. The Labute approximate surface area is 196 Å². The van der Waals surface area contributed by atoms with Crippen LogP contribution < -0.4 is 15.9 Å². The molecular weight excluding hydrogens is 422 g/mol. The molecule has 161 valence electrons. The summed E-state index contributed by atoms with van der Waals surface area (Å²) in [7, 11) is -0.897. The third-order valence-corrected chi connectivity index (χ3v) is 13.9. The number of hydrogen-bond donors (Lipinski definition) is 0. The van der Waals surface area contributed by atoms with Gasteiger partial charge in [-0.25, -0.2) is 0 Å². The summed E-state index contributed by atoms with van der Waals surface area (Å²) in [5.41, 5.74) is 6.70. The van der Waals surface area contributed by atoms with Crippen LogP contribution in [0, 0.1) is 19.9 Å². The van der Waals surface area contributed by atoms with Crippen molar-refractivity contribution in [1.29, 1.82) is 0 Å². The van der Waals surface area contributed by atoms with Gasteiger partial charge in [-0.2, -0.15) is 0 Å². The Hall–Kier alpha value is -2.26. The van der Waals surface area contributed by atoms with E-state index < -0.39 is 15.2 Å². The quantitative estimate of drug-likeness (QED) is 0.254. The first-order valence-corrected chi connectivity index (χ1v) is 15.0. The van der Waals surface area contributed by atoms with Gasteiger partial charge < -0.3 is 0 Å². The second kappa shape index (κ2) is 10.6. The topological polar surface area (TPSA) is 0 Å². The lowest BCUT2D eigenvalue weighted by Gasteiger charge is -2.31. The average Bonchev–Trinajstić information content (AvgIpc) is 2.84. The highest BCUT2D eigenvalue weighted by atomic mass is 32.1. The van der Waals surface area contributed by atoms with Crippen LogP contribution in [0.15, 0.2) is 91.0 Å². The lowest BCUT2D eigenvalue weighted by molar-refractivity contribution is 1.14. The number of aryl methyl sites for hydroxylation is 3. The van der Waals surface area contributed by atoms with E-state index in [2.05, 4.69) is 125 Å². The van der Waals surface area contributed by atoms with Crippen molar-refractivity contribution in [3.8, 4) is 11.1 Å². The normalized spacial score (nSPS) is 13.0. The van der Waals surface area contributed by atoms with Crippen LogP contribution >= 0.6 is 15.2 Å². The largest absolute Gasteiger partial charge is 0.0622 e. The molecule has 0 saturated carbocycles. The summed E-state index contributed by atoms with van der Waals surface area (Å²) in [5, 5.41) is 4.47. The summed E-state index contributed by atoms with van der Waals surface area (Å²) in [6, 6.07) is 37.4. The summed E-state index contributed by atoms with van der Waals surface area (Å²) in [4.78, 5) is 0. The minimum Gasteiger partial charge on any atom is -0.0622 e. The van der Waals surface area contributed by atoms with Crippen LogP contribution in [0.3, 0.4) is 0 Å². The molecular formula is C30H31P2. The molecule has 4 rings (SSSR count). The van der Waals surface area contributed by atoms with E-state index >= 15 is 0 Å². The van der Waals surface area contributed by atoms with E-state index in [1.807, 2.05) is 0 Å². The molecule has 0 heterocycles. The van der Waals surface area contributed by atoms with Crippen molar-refractivity contribution in [2.45, 2.75) is 34.1 Å². The van der Waals surface area contributed by atoms with E-state index in [1.165, 1.54) is 43.7 Å². The summed E-state index contributed by atoms with van der Waals surface area (Å²) in [6.45, 7) is 9.06. The Morgan fingerprint density at radius 1 is 0.688 bits per heavy atom. The van der Waals surface area contributed by atoms with Crippen LogP contribution in [0.5, 0.6) is 0 Å². The predicted octanol–water partition coefficient (Wildman–Crippen LogP) is 7.51. The Balaban J connectivity index is 1.92. The monoisotopic (exact) mass is 453 g/mol. The smallest absolute Gasteiger partial charge is 0.00650 e. The molecule has 0 aliphatic heterocycles. The lowest BCUT2D eigenvalue weighted by Crippen LogP contribution is -2.17. The summed E-state index contributed by atoms with van der Waals surface area (Å²) in [6.07, 6.45) is 2.24. The highest BCUT2D eigenvalue weighted by Crippen LogP contribution is 2.67. The second-order valence-electron chi connectivity index (χ2n) is 8.08. The number of hydrogen-bond acceptors (Lipinski definition) is 0. The molecule has 0 saturated heterocycles. The summed E-state index contributed by atoms with van der Waals surface area (Å²) >= 11 is 0.